The van der Waals surface area contributed by atoms with E-state index in [1.165, 1.54) is 36.1 Å². The summed E-state index contributed by atoms with van der Waals surface area (Å²) in [4.78, 5) is 0. The summed E-state index contributed by atoms with van der Waals surface area (Å²) in [6.45, 7) is 2.14. The molecule has 3 heteroatoms. The van der Waals surface area contributed by atoms with Crippen molar-refractivity contribution in [2.24, 2.45) is 12.8 Å². The Hall–Kier alpha value is -1.61. The average molecular weight is 283 g/mol. The van der Waals surface area contributed by atoms with E-state index in [2.05, 4.69) is 42.4 Å². The van der Waals surface area contributed by atoms with Gasteiger partial charge in [-0.3, -0.25) is 4.68 Å². The van der Waals surface area contributed by atoms with E-state index in [0.29, 0.717) is 5.92 Å². The lowest BCUT2D eigenvalue weighted by molar-refractivity contribution is 0.452. The Labute approximate surface area is 127 Å². The maximum atomic E-state index is 6.57. The lowest BCUT2D eigenvalue weighted by Gasteiger charge is -2.30. The molecule has 1 aliphatic rings. The van der Waals surface area contributed by atoms with Crippen LogP contribution < -0.4 is 5.73 Å². The molecule has 0 amide bonds. The summed E-state index contributed by atoms with van der Waals surface area (Å²) in [6, 6.07) is 11.2. The summed E-state index contributed by atoms with van der Waals surface area (Å²) in [5.41, 5.74) is 11.9. The van der Waals surface area contributed by atoms with Gasteiger partial charge in [0.15, 0.2) is 0 Å². The molecular weight excluding hydrogens is 258 g/mol. The lowest BCUT2D eigenvalue weighted by atomic mass is 9.78. The Kier molecular flexibility index (Phi) is 4.11. The molecule has 0 aliphatic heterocycles. The molecule has 21 heavy (non-hydrogen) atoms. The topological polar surface area (TPSA) is 43.8 Å². The van der Waals surface area contributed by atoms with Crippen LogP contribution in [0.15, 0.2) is 30.3 Å². The first-order valence-corrected chi connectivity index (χ1v) is 8.04. The van der Waals surface area contributed by atoms with Gasteiger partial charge >= 0.3 is 0 Å². The van der Waals surface area contributed by atoms with Gasteiger partial charge in [0, 0.05) is 25.2 Å². The fourth-order valence-corrected chi connectivity index (χ4v) is 3.56. The van der Waals surface area contributed by atoms with E-state index < -0.39 is 0 Å². The minimum absolute atomic E-state index is 0.173. The molecule has 1 aliphatic carbocycles. The van der Waals surface area contributed by atoms with Gasteiger partial charge in [-0.2, -0.15) is 5.10 Å². The number of nitrogens with two attached hydrogens (primary N) is 1. The van der Waals surface area contributed by atoms with Crippen LogP contribution in [0.4, 0.5) is 0 Å². The second-order valence-electron chi connectivity index (χ2n) is 6.17. The minimum Gasteiger partial charge on any atom is -0.327 e. The molecule has 2 aromatic rings. The molecule has 2 N–H and O–H groups in total. The van der Waals surface area contributed by atoms with Gasteiger partial charge in [0.1, 0.15) is 0 Å². The van der Waals surface area contributed by atoms with Crippen LogP contribution >= 0.6 is 0 Å². The summed E-state index contributed by atoms with van der Waals surface area (Å²) < 4.78 is 1.99. The summed E-state index contributed by atoms with van der Waals surface area (Å²) >= 11 is 0. The smallest absolute Gasteiger partial charge is 0.0624 e. The Morgan fingerprint density at radius 1 is 1.38 bits per heavy atom. The Morgan fingerprint density at radius 3 is 2.95 bits per heavy atom. The molecule has 0 saturated heterocycles. The zero-order chi connectivity index (χ0) is 14.8. The first-order chi connectivity index (χ1) is 10.2. The highest BCUT2D eigenvalue weighted by Crippen LogP contribution is 2.34. The van der Waals surface area contributed by atoms with Crippen molar-refractivity contribution >= 4 is 0 Å². The Morgan fingerprint density at radius 2 is 2.19 bits per heavy atom. The fraction of sp³-hybridized carbons (Fsp3) is 0.500. The second-order valence-corrected chi connectivity index (χ2v) is 6.17. The van der Waals surface area contributed by atoms with Crippen LogP contribution in [0.25, 0.3) is 0 Å². The van der Waals surface area contributed by atoms with E-state index in [4.69, 9.17) is 5.73 Å². The van der Waals surface area contributed by atoms with Gasteiger partial charge < -0.3 is 5.73 Å². The fourth-order valence-electron chi connectivity index (χ4n) is 3.56. The maximum absolute atomic E-state index is 6.57. The third kappa shape index (κ3) is 2.88. The van der Waals surface area contributed by atoms with E-state index in [-0.39, 0.29) is 6.04 Å². The van der Waals surface area contributed by atoms with Crippen molar-refractivity contribution in [3.63, 3.8) is 0 Å². The summed E-state index contributed by atoms with van der Waals surface area (Å²) in [5, 5.41) is 4.53. The minimum atomic E-state index is 0.173. The third-order valence-corrected chi connectivity index (χ3v) is 4.77. The first-order valence-electron chi connectivity index (χ1n) is 8.04. The van der Waals surface area contributed by atoms with Gasteiger partial charge in [0.25, 0.3) is 0 Å². The van der Waals surface area contributed by atoms with E-state index in [1.807, 2.05) is 11.7 Å². The molecule has 0 saturated carbocycles. The highest BCUT2D eigenvalue weighted by atomic mass is 15.3. The predicted molar refractivity (Wildman–Crippen MR) is 86.4 cm³/mol. The van der Waals surface area contributed by atoms with Gasteiger partial charge in [-0.15, -0.1) is 0 Å². The highest BCUT2D eigenvalue weighted by Gasteiger charge is 2.26. The molecule has 1 aromatic carbocycles. The molecule has 3 nitrogen and oxygen atoms in total. The lowest BCUT2D eigenvalue weighted by Crippen LogP contribution is -2.33. The monoisotopic (exact) mass is 283 g/mol. The quantitative estimate of drug-likeness (QED) is 0.937. The van der Waals surface area contributed by atoms with Crippen molar-refractivity contribution in [3.05, 3.63) is 52.8 Å². The molecule has 0 radical (unpaired) electrons. The summed E-state index contributed by atoms with van der Waals surface area (Å²) in [6.07, 6.45) is 5.54. The number of hydrogen-bond donors (Lipinski definition) is 1. The van der Waals surface area contributed by atoms with Crippen molar-refractivity contribution < 1.29 is 0 Å². The van der Waals surface area contributed by atoms with E-state index >= 15 is 0 Å². The highest BCUT2D eigenvalue weighted by molar-refractivity contribution is 5.34. The predicted octanol–water partition coefficient (Wildman–Crippen LogP) is 2.97. The van der Waals surface area contributed by atoms with E-state index in [1.54, 1.807) is 0 Å². The molecule has 3 rings (SSSR count). The van der Waals surface area contributed by atoms with Crippen molar-refractivity contribution in [1.29, 1.82) is 0 Å². The molecule has 2 unspecified atom stereocenters. The Balaban J connectivity index is 1.80. The molecule has 1 aromatic heterocycles. The first kappa shape index (κ1) is 14.3. The molecule has 0 bridgehead atoms. The van der Waals surface area contributed by atoms with Crippen molar-refractivity contribution in [2.45, 2.75) is 51.0 Å². The number of fused-ring (bicyclic) bond motifs is 1. The molecule has 0 spiro atoms. The number of nitrogens with zero attached hydrogens (tertiary/aromatic N) is 2. The summed E-state index contributed by atoms with van der Waals surface area (Å²) in [7, 11) is 2.02. The van der Waals surface area contributed by atoms with Crippen molar-refractivity contribution in [1.82, 2.24) is 9.78 Å². The van der Waals surface area contributed by atoms with Crippen LogP contribution in [-0.2, 0) is 26.3 Å². The second kappa shape index (κ2) is 6.02. The van der Waals surface area contributed by atoms with Crippen LogP contribution in [0, 0.1) is 0 Å². The largest absolute Gasteiger partial charge is 0.327 e. The molecule has 1 heterocycles. The number of benzene rings is 1. The van der Waals surface area contributed by atoms with Gasteiger partial charge in [-0.25, -0.2) is 0 Å². The zero-order valence-corrected chi connectivity index (χ0v) is 13.0. The number of aryl methyl sites for hydroxylation is 3. The summed E-state index contributed by atoms with van der Waals surface area (Å²) in [5.74, 6) is 0.481. The number of hydrogen-bond acceptors (Lipinski definition) is 2. The van der Waals surface area contributed by atoms with E-state index in [9.17, 15) is 0 Å². The Bertz CT molecular complexity index is 615. The molecule has 0 fully saturated rings. The average Bonchev–Trinajstić information content (AvgIpc) is 2.87. The number of rotatable bonds is 4. The van der Waals surface area contributed by atoms with Crippen LogP contribution in [0.1, 0.15) is 48.2 Å². The van der Waals surface area contributed by atoms with Gasteiger partial charge in [0.05, 0.1) is 5.69 Å². The molecular formula is C18H25N3. The van der Waals surface area contributed by atoms with Crippen LogP contribution in [0.2, 0.25) is 0 Å². The van der Waals surface area contributed by atoms with Crippen molar-refractivity contribution in [2.75, 3.05) is 0 Å². The van der Waals surface area contributed by atoms with Crippen LogP contribution in [0.3, 0.4) is 0 Å². The molecule has 2 atom stereocenters. The van der Waals surface area contributed by atoms with Gasteiger partial charge in [0.2, 0.25) is 0 Å². The van der Waals surface area contributed by atoms with Crippen LogP contribution in [-0.4, -0.2) is 15.8 Å². The maximum Gasteiger partial charge on any atom is 0.0624 e. The van der Waals surface area contributed by atoms with Gasteiger partial charge in [-0.05, 0) is 48.8 Å². The standard InChI is InChI=1S/C18H25N3/c1-3-14-11-15(21(2)20-14)12-18(19)17-10-6-8-13-7-4-5-9-16(13)17/h4-5,7,9,11,17-18H,3,6,8,10,12,19H2,1-2H3. The third-order valence-electron chi connectivity index (χ3n) is 4.77. The number of aromatic nitrogens is 2. The van der Waals surface area contributed by atoms with Crippen LogP contribution in [0.5, 0.6) is 0 Å². The van der Waals surface area contributed by atoms with E-state index in [0.717, 1.165) is 18.5 Å². The SMILES string of the molecule is CCc1cc(CC(N)C2CCCc3ccccc32)n(C)n1. The molecule has 112 valence electrons. The normalized spacial score (nSPS) is 19.3. The zero-order valence-electron chi connectivity index (χ0n) is 13.0. The van der Waals surface area contributed by atoms with Gasteiger partial charge in [-0.1, -0.05) is 31.2 Å². The van der Waals surface area contributed by atoms with Crippen molar-refractivity contribution in [3.8, 4) is 0 Å².